The molecule has 0 radical (unpaired) electrons. The maximum absolute atomic E-state index is 12.0. The Labute approximate surface area is 141 Å². The maximum Gasteiger partial charge on any atom is 0.243 e. The molecule has 1 amide bonds. The van der Waals surface area contributed by atoms with Crippen molar-refractivity contribution in [2.24, 2.45) is 0 Å². The summed E-state index contributed by atoms with van der Waals surface area (Å²) in [6, 6.07) is 13.0. The summed E-state index contributed by atoms with van der Waals surface area (Å²) in [5.41, 5.74) is 2.62. The Balaban J connectivity index is 1.88. The molecule has 0 heterocycles. The van der Waals surface area contributed by atoms with Crippen molar-refractivity contribution < 1.29 is 9.53 Å². The summed E-state index contributed by atoms with van der Waals surface area (Å²) in [5.74, 6) is 0.423. The van der Waals surface area contributed by atoms with Gasteiger partial charge in [0.15, 0.2) is 0 Å². The molecular weight excluding hydrogens is 314 g/mol. The highest BCUT2D eigenvalue weighted by molar-refractivity contribution is 6.32. The first-order valence-corrected chi connectivity index (χ1v) is 7.52. The monoisotopic (exact) mass is 333 g/mol. The van der Waals surface area contributed by atoms with E-state index in [1.165, 1.54) is 0 Å². The van der Waals surface area contributed by atoms with Crippen LogP contribution in [0.3, 0.4) is 0 Å². The molecule has 23 heavy (non-hydrogen) atoms. The Morgan fingerprint density at radius 3 is 2.35 bits per heavy atom. The highest BCUT2D eigenvalue weighted by atomic mass is 35.5. The first-order valence-electron chi connectivity index (χ1n) is 7.14. The fourth-order valence-electron chi connectivity index (χ4n) is 2.01. The molecule has 5 nitrogen and oxygen atoms in total. The molecule has 2 N–H and O–H groups in total. The van der Waals surface area contributed by atoms with Gasteiger partial charge >= 0.3 is 0 Å². The second kappa shape index (κ2) is 7.74. The molecule has 0 aliphatic heterocycles. The summed E-state index contributed by atoms with van der Waals surface area (Å²) < 4.78 is 5.08. The van der Waals surface area contributed by atoms with Crippen molar-refractivity contribution in [3.8, 4) is 5.75 Å². The van der Waals surface area contributed by atoms with Crippen LogP contribution >= 0.6 is 11.6 Å². The third-order valence-corrected chi connectivity index (χ3v) is 3.57. The highest BCUT2D eigenvalue weighted by Gasteiger charge is 2.06. The Hall–Kier alpha value is -2.40. The van der Waals surface area contributed by atoms with E-state index in [1.54, 1.807) is 25.3 Å². The van der Waals surface area contributed by atoms with E-state index in [-0.39, 0.29) is 12.5 Å². The molecular formula is C17H20ClN3O2. The van der Waals surface area contributed by atoms with Gasteiger partial charge in [-0.15, -0.1) is 0 Å². The molecule has 2 aromatic carbocycles. The summed E-state index contributed by atoms with van der Waals surface area (Å²) in [7, 11) is 5.51. The van der Waals surface area contributed by atoms with Gasteiger partial charge in [0.25, 0.3) is 0 Å². The molecule has 0 unspecified atom stereocenters. The number of ether oxygens (including phenoxy) is 1. The first kappa shape index (κ1) is 17.0. The number of hydrogen-bond acceptors (Lipinski definition) is 4. The standard InChI is InChI=1S/C17H20ClN3O2/c1-21(2)14-7-4-12(5-8-14)19-11-17(22)20-13-6-9-16(23-3)15(18)10-13/h4-10,19H,11H2,1-3H3,(H,20,22). The van der Waals surface area contributed by atoms with Gasteiger partial charge in [0, 0.05) is 31.2 Å². The lowest BCUT2D eigenvalue weighted by atomic mass is 10.2. The fourth-order valence-corrected chi connectivity index (χ4v) is 2.27. The number of rotatable bonds is 6. The quantitative estimate of drug-likeness (QED) is 0.850. The summed E-state index contributed by atoms with van der Waals surface area (Å²) >= 11 is 6.03. The van der Waals surface area contributed by atoms with Crippen LogP contribution in [0.2, 0.25) is 5.02 Å². The van der Waals surface area contributed by atoms with E-state index in [0.29, 0.717) is 16.5 Å². The maximum atomic E-state index is 12.0. The zero-order chi connectivity index (χ0) is 16.8. The van der Waals surface area contributed by atoms with Gasteiger partial charge in [0.2, 0.25) is 5.91 Å². The summed E-state index contributed by atoms with van der Waals surface area (Å²) in [6.45, 7) is 0.172. The molecule has 0 atom stereocenters. The lowest BCUT2D eigenvalue weighted by molar-refractivity contribution is -0.114. The van der Waals surface area contributed by atoms with Crippen LogP contribution in [0.15, 0.2) is 42.5 Å². The van der Waals surface area contributed by atoms with Gasteiger partial charge in [-0.2, -0.15) is 0 Å². The van der Waals surface area contributed by atoms with Crippen molar-refractivity contribution in [2.75, 3.05) is 43.3 Å². The van der Waals surface area contributed by atoms with Gasteiger partial charge in [-0.3, -0.25) is 4.79 Å². The molecule has 0 aliphatic carbocycles. The summed E-state index contributed by atoms with van der Waals surface area (Å²) in [4.78, 5) is 14.0. The van der Waals surface area contributed by atoms with Crippen LogP contribution in [-0.4, -0.2) is 33.7 Å². The number of halogens is 1. The first-order chi connectivity index (χ1) is 11.0. The molecule has 0 saturated heterocycles. The number of nitrogens with zero attached hydrogens (tertiary/aromatic N) is 1. The largest absolute Gasteiger partial charge is 0.495 e. The van der Waals surface area contributed by atoms with Crippen LogP contribution in [0, 0.1) is 0 Å². The number of hydrogen-bond donors (Lipinski definition) is 2. The number of methoxy groups -OCH3 is 1. The normalized spacial score (nSPS) is 10.1. The van der Waals surface area contributed by atoms with E-state index < -0.39 is 0 Å². The van der Waals surface area contributed by atoms with Crippen molar-refractivity contribution in [2.45, 2.75) is 0 Å². The van der Waals surface area contributed by atoms with E-state index in [4.69, 9.17) is 16.3 Å². The number of amides is 1. The molecule has 122 valence electrons. The molecule has 6 heteroatoms. The van der Waals surface area contributed by atoms with Gasteiger partial charge in [-0.05, 0) is 42.5 Å². The van der Waals surface area contributed by atoms with Gasteiger partial charge in [-0.25, -0.2) is 0 Å². The summed E-state index contributed by atoms with van der Waals surface area (Å²) in [6.07, 6.45) is 0. The average Bonchev–Trinajstić information content (AvgIpc) is 2.53. The van der Waals surface area contributed by atoms with Gasteiger partial charge in [0.05, 0.1) is 18.7 Å². The predicted octanol–water partition coefficient (Wildman–Crippen LogP) is 3.47. The Morgan fingerprint density at radius 2 is 1.78 bits per heavy atom. The molecule has 0 aromatic heterocycles. The van der Waals surface area contributed by atoms with E-state index in [1.807, 2.05) is 43.3 Å². The summed E-state index contributed by atoms with van der Waals surface area (Å²) in [5, 5.41) is 6.32. The van der Waals surface area contributed by atoms with Crippen LogP contribution in [0.1, 0.15) is 0 Å². The minimum atomic E-state index is -0.150. The number of benzene rings is 2. The third-order valence-electron chi connectivity index (χ3n) is 3.27. The number of carbonyl (C=O) groups excluding carboxylic acids is 1. The van der Waals surface area contributed by atoms with Crippen LogP contribution in [0.25, 0.3) is 0 Å². The van der Waals surface area contributed by atoms with E-state index in [2.05, 4.69) is 10.6 Å². The lowest BCUT2D eigenvalue weighted by Gasteiger charge is -2.13. The van der Waals surface area contributed by atoms with Gasteiger partial charge < -0.3 is 20.3 Å². The zero-order valence-corrected chi connectivity index (χ0v) is 14.1. The van der Waals surface area contributed by atoms with E-state index >= 15 is 0 Å². The fraction of sp³-hybridized carbons (Fsp3) is 0.235. The highest BCUT2D eigenvalue weighted by Crippen LogP contribution is 2.27. The van der Waals surface area contributed by atoms with Crippen molar-refractivity contribution in [3.63, 3.8) is 0 Å². The van der Waals surface area contributed by atoms with Crippen molar-refractivity contribution in [1.82, 2.24) is 0 Å². The molecule has 0 bridgehead atoms. The van der Waals surface area contributed by atoms with Crippen molar-refractivity contribution in [1.29, 1.82) is 0 Å². The van der Waals surface area contributed by atoms with Crippen LogP contribution in [-0.2, 0) is 4.79 Å². The minimum Gasteiger partial charge on any atom is -0.495 e. The number of anilines is 3. The van der Waals surface area contributed by atoms with Crippen molar-refractivity contribution >= 4 is 34.6 Å². The Kier molecular flexibility index (Phi) is 5.71. The molecule has 2 aromatic rings. The van der Waals surface area contributed by atoms with Crippen molar-refractivity contribution in [3.05, 3.63) is 47.5 Å². The second-order valence-electron chi connectivity index (χ2n) is 5.19. The topological polar surface area (TPSA) is 53.6 Å². The van der Waals surface area contributed by atoms with Gasteiger partial charge in [0.1, 0.15) is 5.75 Å². The van der Waals surface area contributed by atoms with E-state index in [0.717, 1.165) is 11.4 Å². The Bertz CT molecular complexity index is 672. The SMILES string of the molecule is COc1ccc(NC(=O)CNc2ccc(N(C)C)cc2)cc1Cl. The molecule has 0 spiro atoms. The third kappa shape index (κ3) is 4.79. The Morgan fingerprint density at radius 1 is 1.13 bits per heavy atom. The smallest absolute Gasteiger partial charge is 0.243 e. The van der Waals surface area contributed by atoms with Gasteiger partial charge in [-0.1, -0.05) is 11.6 Å². The molecule has 0 aliphatic rings. The number of nitrogens with one attached hydrogen (secondary N) is 2. The molecule has 0 saturated carbocycles. The van der Waals surface area contributed by atoms with E-state index in [9.17, 15) is 4.79 Å². The average molecular weight is 334 g/mol. The number of carbonyl (C=O) groups is 1. The predicted molar refractivity (Wildman–Crippen MR) is 95.9 cm³/mol. The zero-order valence-electron chi connectivity index (χ0n) is 13.4. The lowest BCUT2D eigenvalue weighted by Crippen LogP contribution is -2.21. The molecule has 2 rings (SSSR count). The van der Waals surface area contributed by atoms with Crippen LogP contribution < -0.4 is 20.3 Å². The van der Waals surface area contributed by atoms with Crippen LogP contribution in [0.4, 0.5) is 17.1 Å². The second-order valence-corrected chi connectivity index (χ2v) is 5.60. The molecule has 0 fully saturated rings. The van der Waals surface area contributed by atoms with Crippen LogP contribution in [0.5, 0.6) is 5.75 Å². The minimum absolute atomic E-state index is 0.150.